The van der Waals surface area contributed by atoms with Crippen molar-refractivity contribution in [3.8, 4) is 0 Å². The molecule has 0 atom stereocenters. The Morgan fingerprint density at radius 1 is 1.17 bits per heavy atom. The molecule has 0 aliphatic carbocycles. The van der Waals surface area contributed by atoms with E-state index in [1.807, 2.05) is 0 Å². The first-order valence-corrected chi connectivity index (χ1v) is 3.71. The fourth-order valence-electron chi connectivity index (χ4n) is 0.486. The van der Waals surface area contributed by atoms with Gasteiger partial charge in [0.1, 0.15) is 0 Å². The standard InChI is InChI=1S/C7H17N5/c1-7(2,3)4-11-6(10)12-5(8)9/h4H2,1-3H3,(H6,8,9,10,11,12). The highest BCUT2D eigenvalue weighted by Gasteiger charge is 2.08. The number of nitrogens with zero attached hydrogens (tertiary/aromatic N) is 2. The minimum absolute atomic E-state index is 0.0647. The molecule has 12 heavy (non-hydrogen) atoms. The Morgan fingerprint density at radius 3 is 2.00 bits per heavy atom. The highest BCUT2D eigenvalue weighted by Crippen LogP contribution is 2.12. The molecule has 70 valence electrons. The molecule has 0 saturated carbocycles. The van der Waals surface area contributed by atoms with Crippen LogP contribution in [0.2, 0.25) is 0 Å². The molecule has 0 fully saturated rings. The molecule has 6 N–H and O–H groups in total. The molecule has 5 nitrogen and oxygen atoms in total. The predicted octanol–water partition coefficient (Wildman–Crippen LogP) is -0.379. The van der Waals surface area contributed by atoms with Gasteiger partial charge in [0.15, 0.2) is 5.96 Å². The molecule has 0 aliphatic heterocycles. The van der Waals surface area contributed by atoms with Crippen molar-refractivity contribution in [2.45, 2.75) is 20.8 Å². The molecule has 0 bridgehead atoms. The zero-order valence-corrected chi connectivity index (χ0v) is 7.83. The Hall–Kier alpha value is -1.26. The summed E-state index contributed by atoms with van der Waals surface area (Å²) in [4.78, 5) is 7.56. The second-order valence-electron chi connectivity index (χ2n) is 3.77. The van der Waals surface area contributed by atoms with Crippen molar-refractivity contribution in [3.05, 3.63) is 0 Å². The summed E-state index contributed by atoms with van der Waals surface area (Å²) in [7, 11) is 0. The molecule has 0 unspecified atom stereocenters. The van der Waals surface area contributed by atoms with Crippen molar-refractivity contribution in [2.75, 3.05) is 6.54 Å². The minimum atomic E-state index is -0.0647. The van der Waals surface area contributed by atoms with Crippen LogP contribution in [-0.2, 0) is 0 Å². The third kappa shape index (κ3) is 6.85. The third-order valence-electron chi connectivity index (χ3n) is 0.959. The van der Waals surface area contributed by atoms with E-state index in [0.29, 0.717) is 6.54 Å². The lowest BCUT2D eigenvalue weighted by molar-refractivity contribution is 0.429. The average molecular weight is 171 g/mol. The van der Waals surface area contributed by atoms with Crippen molar-refractivity contribution in [2.24, 2.45) is 32.6 Å². The summed E-state index contributed by atoms with van der Waals surface area (Å²) in [5.74, 6) is 0.0649. The maximum absolute atomic E-state index is 5.38. The fourth-order valence-corrected chi connectivity index (χ4v) is 0.486. The third-order valence-corrected chi connectivity index (χ3v) is 0.959. The largest absolute Gasteiger partial charge is 0.370 e. The zero-order chi connectivity index (χ0) is 9.78. The van der Waals surface area contributed by atoms with Gasteiger partial charge in [0, 0.05) is 6.54 Å². The Balaban J connectivity index is 4.12. The lowest BCUT2D eigenvalue weighted by Gasteiger charge is -2.13. The predicted molar refractivity (Wildman–Crippen MR) is 51.8 cm³/mol. The van der Waals surface area contributed by atoms with Gasteiger partial charge in [0.25, 0.3) is 0 Å². The van der Waals surface area contributed by atoms with E-state index in [1.165, 1.54) is 0 Å². The van der Waals surface area contributed by atoms with Crippen LogP contribution in [-0.4, -0.2) is 18.5 Å². The molecule has 0 aromatic carbocycles. The van der Waals surface area contributed by atoms with Gasteiger partial charge in [-0.2, -0.15) is 4.99 Å². The van der Waals surface area contributed by atoms with Gasteiger partial charge < -0.3 is 17.2 Å². The number of rotatable bonds is 1. The minimum Gasteiger partial charge on any atom is -0.370 e. The van der Waals surface area contributed by atoms with Crippen LogP contribution >= 0.6 is 0 Å². The lowest BCUT2D eigenvalue weighted by Crippen LogP contribution is -2.27. The Kier molecular flexibility index (Phi) is 3.53. The number of nitrogens with two attached hydrogens (primary N) is 3. The molecule has 0 aromatic heterocycles. The van der Waals surface area contributed by atoms with Gasteiger partial charge in [-0.3, -0.25) is 4.99 Å². The molecule has 0 rings (SSSR count). The van der Waals surface area contributed by atoms with Crippen molar-refractivity contribution in [3.63, 3.8) is 0 Å². The van der Waals surface area contributed by atoms with E-state index in [0.717, 1.165) is 0 Å². The zero-order valence-electron chi connectivity index (χ0n) is 7.83. The molecular weight excluding hydrogens is 154 g/mol. The van der Waals surface area contributed by atoms with Crippen molar-refractivity contribution in [1.82, 2.24) is 0 Å². The van der Waals surface area contributed by atoms with Crippen LogP contribution in [0.1, 0.15) is 20.8 Å². The average Bonchev–Trinajstić information content (AvgIpc) is 1.80. The van der Waals surface area contributed by atoms with Gasteiger partial charge in [-0.05, 0) is 5.41 Å². The first kappa shape index (κ1) is 10.7. The van der Waals surface area contributed by atoms with E-state index < -0.39 is 0 Å². The molecule has 0 spiro atoms. The van der Waals surface area contributed by atoms with Crippen molar-refractivity contribution < 1.29 is 0 Å². The second-order valence-corrected chi connectivity index (χ2v) is 3.77. The van der Waals surface area contributed by atoms with Gasteiger partial charge >= 0.3 is 0 Å². The SMILES string of the molecule is CC(C)(C)CN=C(N)N=C(N)N. The molecule has 0 radical (unpaired) electrons. The number of hydrogen-bond donors (Lipinski definition) is 3. The summed E-state index contributed by atoms with van der Waals surface area (Å²) < 4.78 is 0. The monoisotopic (exact) mass is 171 g/mol. The van der Waals surface area contributed by atoms with E-state index in [4.69, 9.17) is 17.2 Å². The van der Waals surface area contributed by atoms with Crippen LogP contribution in [0.4, 0.5) is 0 Å². The molecule has 0 saturated heterocycles. The summed E-state index contributed by atoms with van der Waals surface area (Å²) in [5, 5.41) is 0. The van der Waals surface area contributed by atoms with E-state index in [2.05, 4.69) is 30.8 Å². The van der Waals surface area contributed by atoms with Crippen LogP contribution < -0.4 is 17.2 Å². The van der Waals surface area contributed by atoms with E-state index >= 15 is 0 Å². The van der Waals surface area contributed by atoms with E-state index in [-0.39, 0.29) is 17.3 Å². The topological polar surface area (TPSA) is 103 Å². The summed E-state index contributed by atoms with van der Waals surface area (Å²) in [6.45, 7) is 6.77. The fraction of sp³-hybridized carbons (Fsp3) is 0.714. The molecule has 0 heterocycles. The lowest BCUT2D eigenvalue weighted by atomic mass is 9.97. The van der Waals surface area contributed by atoms with Crippen LogP contribution in [0.15, 0.2) is 9.98 Å². The highest BCUT2D eigenvalue weighted by atomic mass is 15.1. The Labute approximate surface area is 72.7 Å². The molecule has 0 aromatic rings. The number of guanidine groups is 2. The summed E-state index contributed by atoms with van der Waals surface area (Å²) in [5.41, 5.74) is 15.7. The second kappa shape index (κ2) is 3.94. The Morgan fingerprint density at radius 2 is 1.67 bits per heavy atom. The van der Waals surface area contributed by atoms with E-state index in [9.17, 15) is 0 Å². The van der Waals surface area contributed by atoms with Crippen LogP contribution in [0.3, 0.4) is 0 Å². The normalized spacial score (nSPS) is 12.8. The molecule has 5 heteroatoms. The van der Waals surface area contributed by atoms with Crippen molar-refractivity contribution >= 4 is 11.9 Å². The van der Waals surface area contributed by atoms with E-state index in [1.54, 1.807) is 0 Å². The van der Waals surface area contributed by atoms with Gasteiger partial charge in [0.2, 0.25) is 5.96 Å². The van der Waals surface area contributed by atoms with Gasteiger partial charge in [-0.1, -0.05) is 20.8 Å². The number of aliphatic imine (C=N–C) groups is 2. The smallest absolute Gasteiger partial charge is 0.218 e. The summed E-state index contributed by atoms with van der Waals surface area (Å²) in [6, 6.07) is 0. The van der Waals surface area contributed by atoms with Gasteiger partial charge in [0.05, 0.1) is 0 Å². The van der Waals surface area contributed by atoms with Crippen LogP contribution in [0.5, 0.6) is 0 Å². The van der Waals surface area contributed by atoms with Crippen LogP contribution in [0, 0.1) is 5.41 Å². The maximum Gasteiger partial charge on any atom is 0.218 e. The summed E-state index contributed by atoms with van der Waals surface area (Å²) in [6.07, 6.45) is 0. The molecule has 0 aliphatic rings. The number of hydrogen-bond acceptors (Lipinski definition) is 1. The highest BCUT2D eigenvalue weighted by molar-refractivity contribution is 5.92. The van der Waals surface area contributed by atoms with Gasteiger partial charge in [-0.15, -0.1) is 0 Å². The maximum atomic E-state index is 5.38. The Bertz CT molecular complexity index is 194. The molecular formula is C7H17N5. The quantitative estimate of drug-likeness (QED) is 0.370. The first-order chi connectivity index (χ1) is 5.31. The summed E-state index contributed by atoms with van der Waals surface area (Å²) >= 11 is 0. The van der Waals surface area contributed by atoms with Crippen molar-refractivity contribution in [1.29, 1.82) is 0 Å². The van der Waals surface area contributed by atoms with Crippen LogP contribution in [0.25, 0.3) is 0 Å². The van der Waals surface area contributed by atoms with Gasteiger partial charge in [-0.25, -0.2) is 0 Å². The molecule has 0 amide bonds. The first-order valence-electron chi connectivity index (χ1n) is 3.71.